The molecule has 0 amide bonds. The summed E-state index contributed by atoms with van der Waals surface area (Å²) in [4.78, 5) is 2.44. The van der Waals surface area contributed by atoms with Gasteiger partial charge in [0, 0.05) is 22.4 Å². The lowest BCUT2D eigenvalue weighted by Gasteiger charge is -2.29. The molecule has 0 saturated carbocycles. The second kappa shape index (κ2) is 14.2. The number of hydrogen-bond donors (Lipinski definition) is 0. The van der Waals surface area contributed by atoms with Crippen molar-refractivity contribution in [3.05, 3.63) is 247 Å². The van der Waals surface area contributed by atoms with E-state index < -0.39 is 0 Å². The summed E-state index contributed by atoms with van der Waals surface area (Å²) in [7, 11) is 0. The summed E-state index contributed by atoms with van der Waals surface area (Å²) in [6, 6.07) is 84.5. The molecule has 0 bridgehead atoms. The van der Waals surface area contributed by atoms with E-state index in [-0.39, 0.29) is 5.41 Å². The molecule has 1 unspecified atom stereocenters. The van der Waals surface area contributed by atoms with Crippen LogP contribution in [0.3, 0.4) is 0 Å². The molecule has 0 heterocycles. The van der Waals surface area contributed by atoms with Crippen LogP contribution in [0.1, 0.15) is 23.6 Å². The predicted octanol–water partition coefficient (Wildman–Crippen LogP) is 15.8. The third-order valence-electron chi connectivity index (χ3n) is 12.5. The number of para-hydroxylation sites is 1. The highest BCUT2D eigenvalue weighted by Crippen LogP contribution is 2.55. The van der Waals surface area contributed by atoms with Crippen molar-refractivity contribution in [1.82, 2.24) is 0 Å². The van der Waals surface area contributed by atoms with E-state index in [9.17, 15) is 0 Å². The summed E-state index contributed by atoms with van der Waals surface area (Å²) in [5.41, 5.74) is 17.0. The Balaban J connectivity index is 1.09. The van der Waals surface area contributed by atoms with Gasteiger partial charge < -0.3 is 4.90 Å². The van der Waals surface area contributed by atoms with Crippen LogP contribution in [0.15, 0.2) is 231 Å². The lowest BCUT2D eigenvalue weighted by Crippen LogP contribution is -2.22. The molecular weight excluding hydrogens is 711 g/mol. The molecule has 0 aromatic heterocycles. The molecule has 59 heavy (non-hydrogen) atoms. The topological polar surface area (TPSA) is 3.24 Å². The van der Waals surface area contributed by atoms with Crippen molar-refractivity contribution in [2.24, 2.45) is 0 Å². The average molecular weight is 752 g/mol. The fourth-order valence-corrected chi connectivity index (χ4v) is 9.72. The van der Waals surface area contributed by atoms with Crippen molar-refractivity contribution in [2.45, 2.75) is 12.3 Å². The third kappa shape index (κ3) is 5.69. The fraction of sp³-hybridized carbons (Fsp3) is 0.0345. The van der Waals surface area contributed by atoms with Crippen LogP contribution in [0.2, 0.25) is 0 Å². The normalized spacial score (nSPS) is 14.3. The molecule has 0 aliphatic heterocycles. The molecule has 1 atom stereocenters. The van der Waals surface area contributed by atoms with Gasteiger partial charge in [0.25, 0.3) is 0 Å². The molecular formula is C58H41N. The maximum atomic E-state index is 2.44. The number of anilines is 3. The summed E-state index contributed by atoms with van der Waals surface area (Å²) >= 11 is 0. The van der Waals surface area contributed by atoms with Crippen LogP contribution in [0.25, 0.3) is 66.1 Å². The van der Waals surface area contributed by atoms with Gasteiger partial charge in [-0.25, -0.2) is 0 Å². The van der Waals surface area contributed by atoms with Crippen molar-refractivity contribution >= 4 is 38.6 Å². The Morgan fingerprint density at radius 3 is 1.68 bits per heavy atom. The molecule has 0 radical (unpaired) electrons. The van der Waals surface area contributed by atoms with Gasteiger partial charge in [0.1, 0.15) is 0 Å². The van der Waals surface area contributed by atoms with Crippen LogP contribution in [0.4, 0.5) is 17.1 Å². The number of nitrogens with zero attached hydrogens (tertiary/aromatic N) is 1. The van der Waals surface area contributed by atoms with Crippen molar-refractivity contribution < 1.29 is 0 Å². The second-order valence-electron chi connectivity index (χ2n) is 15.8. The van der Waals surface area contributed by atoms with Gasteiger partial charge >= 0.3 is 0 Å². The minimum Gasteiger partial charge on any atom is -0.310 e. The second-order valence-corrected chi connectivity index (χ2v) is 15.8. The molecule has 0 saturated heterocycles. The predicted molar refractivity (Wildman–Crippen MR) is 250 cm³/mol. The van der Waals surface area contributed by atoms with E-state index in [1.807, 2.05) is 0 Å². The smallest absolute Gasteiger partial charge is 0.0540 e. The Morgan fingerprint density at radius 1 is 0.339 bits per heavy atom. The lowest BCUT2D eigenvalue weighted by molar-refractivity contribution is 0.714. The number of fused-ring (bicyclic) bond motifs is 5. The highest BCUT2D eigenvalue weighted by Gasteiger charge is 2.41. The first-order valence-electron chi connectivity index (χ1n) is 20.5. The fourth-order valence-electron chi connectivity index (χ4n) is 9.72. The molecule has 0 spiro atoms. The summed E-state index contributed by atoms with van der Waals surface area (Å²) < 4.78 is 0. The molecule has 1 aliphatic carbocycles. The molecule has 0 fully saturated rings. The van der Waals surface area contributed by atoms with E-state index in [1.165, 1.54) is 82.7 Å². The van der Waals surface area contributed by atoms with Gasteiger partial charge in [-0.15, -0.1) is 0 Å². The van der Waals surface area contributed by atoms with Gasteiger partial charge in [0.05, 0.1) is 5.69 Å². The number of rotatable bonds is 7. The first kappa shape index (κ1) is 34.7. The number of benzene rings is 10. The summed E-state index contributed by atoms with van der Waals surface area (Å²) in [6.07, 6.45) is 0. The van der Waals surface area contributed by atoms with Gasteiger partial charge in [0.2, 0.25) is 0 Å². The standard InChI is InChI=1S/C58H41N/c1-58(45-23-6-3-7-24-45)53-30-12-10-26-52(53)57-49(28-16-31-54(57)58)42-34-36-46(37-35-42)59(47-38-33-40-17-8-9-20-44(40)39-47)55-32-13-11-25-50(55)51-29-15-22-43-21-14-27-48(56(43)51)41-18-4-2-5-19-41/h2-39H,1H3. The van der Waals surface area contributed by atoms with Crippen LogP contribution in [-0.4, -0.2) is 0 Å². The van der Waals surface area contributed by atoms with Crippen molar-refractivity contribution in [3.63, 3.8) is 0 Å². The zero-order valence-corrected chi connectivity index (χ0v) is 32.9. The van der Waals surface area contributed by atoms with Gasteiger partial charge in [0.15, 0.2) is 0 Å². The van der Waals surface area contributed by atoms with Crippen molar-refractivity contribution in [2.75, 3.05) is 4.90 Å². The maximum absolute atomic E-state index is 2.44. The van der Waals surface area contributed by atoms with E-state index in [4.69, 9.17) is 0 Å². The van der Waals surface area contributed by atoms with Gasteiger partial charge in [-0.1, -0.05) is 200 Å². The van der Waals surface area contributed by atoms with E-state index >= 15 is 0 Å². The first-order chi connectivity index (χ1) is 29.2. The monoisotopic (exact) mass is 751 g/mol. The zero-order valence-electron chi connectivity index (χ0n) is 32.9. The zero-order chi connectivity index (χ0) is 39.3. The maximum Gasteiger partial charge on any atom is 0.0540 e. The Hall–Kier alpha value is -7.48. The molecule has 1 aliphatic rings. The van der Waals surface area contributed by atoms with E-state index in [0.29, 0.717) is 0 Å². The van der Waals surface area contributed by atoms with Crippen LogP contribution in [0, 0.1) is 0 Å². The third-order valence-corrected chi connectivity index (χ3v) is 12.5. The first-order valence-corrected chi connectivity index (χ1v) is 20.5. The van der Waals surface area contributed by atoms with Crippen molar-refractivity contribution in [1.29, 1.82) is 0 Å². The average Bonchev–Trinajstić information content (AvgIpc) is 3.58. The quantitative estimate of drug-likeness (QED) is 0.157. The molecule has 1 nitrogen and oxygen atoms in total. The molecule has 10 aromatic rings. The number of hydrogen-bond acceptors (Lipinski definition) is 1. The Labute approximate surface area is 346 Å². The van der Waals surface area contributed by atoms with Crippen LogP contribution < -0.4 is 4.90 Å². The Kier molecular flexibility index (Phi) is 8.34. The Morgan fingerprint density at radius 2 is 0.881 bits per heavy atom. The minimum absolute atomic E-state index is 0.248. The SMILES string of the molecule is CC1(c2ccccc2)c2ccccc2-c2c(-c3ccc(N(c4ccc5ccccc5c4)c4ccccc4-c4cccc5cccc(-c6ccccc6)c45)cc3)cccc21. The van der Waals surface area contributed by atoms with Gasteiger partial charge in [-0.05, 0) is 114 Å². The van der Waals surface area contributed by atoms with Gasteiger partial charge in [-0.2, -0.15) is 0 Å². The summed E-state index contributed by atoms with van der Waals surface area (Å²) in [6.45, 7) is 2.39. The molecule has 10 aromatic carbocycles. The summed E-state index contributed by atoms with van der Waals surface area (Å²) in [5.74, 6) is 0. The summed E-state index contributed by atoms with van der Waals surface area (Å²) in [5, 5.41) is 4.91. The van der Waals surface area contributed by atoms with Crippen LogP contribution >= 0.6 is 0 Å². The largest absolute Gasteiger partial charge is 0.310 e. The molecule has 11 rings (SSSR count). The Bertz CT molecular complexity index is 3160. The van der Waals surface area contributed by atoms with Crippen LogP contribution in [-0.2, 0) is 5.41 Å². The van der Waals surface area contributed by atoms with Gasteiger partial charge in [-0.3, -0.25) is 0 Å². The molecule has 0 N–H and O–H groups in total. The molecule has 278 valence electrons. The van der Waals surface area contributed by atoms with Crippen molar-refractivity contribution in [3.8, 4) is 44.5 Å². The van der Waals surface area contributed by atoms with E-state index in [2.05, 4.69) is 242 Å². The minimum atomic E-state index is -0.248. The molecule has 1 heteroatoms. The van der Waals surface area contributed by atoms with Crippen LogP contribution in [0.5, 0.6) is 0 Å². The highest BCUT2D eigenvalue weighted by atomic mass is 15.1. The lowest BCUT2D eigenvalue weighted by atomic mass is 9.74. The highest BCUT2D eigenvalue weighted by molar-refractivity contribution is 6.09. The van der Waals surface area contributed by atoms with E-state index in [0.717, 1.165) is 17.1 Å². The van der Waals surface area contributed by atoms with E-state index in [1.54, 1.807) is 0 Å².